The predicted molar refractivity (Wildman–Crippen MR) is 108 cm³/mol. The van der Waals surface area contributed by atoms with Crippen LogP contribution in [-0.2, 0) is 4.74 Å². The molecule has 0 unspecified atom stereocenters. The molecule has 2 atom stereocenters. The number of hydrogen-bond acceptors (Lipinski definition) is 4. The van der Waals surface area contributed by atoms with Crippen molar-refractivity contribution in [1.29, 1.82) is 0 Å². The molecule has 1 N–H and O–H groups in total. The minimum Gasteiger partial charge on any atom is -0.394 e. The molecule has 27 heavy (non-hydrogen) atoms. The van der Waals surface area contributed by atoms with Crippen LogP contribution in [0.15, 0.2) is 0 Å². The van der Waals surface area contributed by atoms with Crippen molar-refractivity contribution >= 4 is 0 Å². The molecule has 0 bridgehead atoms. The molecule has 0 saturated carbocycles. The van der Waals surface area contributed by atoms with Crippen molar-refractivity contribution in [2.75, 3.05) is 39.4 Å². The Bertz CT molecular complexity index is 415. The summed E-state index contributed by atoms with van der Waals surface area (Å²) in [7, 11) is 0. The van der Waals surface area contributed by atoms with Gasteiger partial charge in [0.2, 0.25) is 0 Å². The third-order valence-corrected chi connectivity index (χ3v) is 6.55. The summed E-state index contributed by atoms with van der Waals surface area (Å²) in [5.41, 5.74) is 0.281. The Labute approximate surface area is 164 Å². The number of aliphatic hydroxyl groups is 1. The molecule has 6 heteroatoms. The van der Waals surface area contributed by atoms with Gasteiger partial charge in [-0.15, -0.1) is 0 Å². The van der Waals surface area contributed by atoms with E-state index < -0.39 is 6.17 Å². The molecular weight excluding hydrogens is 350 g/mol. The molecule has 4 rings (SSSR count). The van der Waals surface area contributed by atoms with E-state index in [1.165, 1.54) is 45.2 Å². The molecule has 0 spiro atoms. The van der Waals surface area contributed by atoms with Crippen LogP contribution in [0.25, 0.3) is 0 Å². The minimum atomic E-state index is -0.633. The fourth-order valence-electron chi connectivity index (χ4n) is 5.25. The zero-order chi connectivity index (χ0) is 19.2. The first-order chi connectivity index (χ1) is 12.5. The quantitative estimate of drug-likeness (QED) is 0.790. The summed E-state index contributed by atoms with van der Waals surface area (Å²) in [5, 5.41) is 9.19. The second-order valence-electron chi connectivity index (χ2n) is 8.51. The topological polar surface area (TPSA) is 35.9 Å². The molecule has 0 aromatic rings. The van der Waals surface area contributed by atoms with Gasteiger partial charge in [0, 0.05) is 24.0 Å². The fraction of sp³-hybridized carbons (Fsp3) is 1.00. The molecule has 0 aliphatic carbocycles. The number of nitrogens with zero attached hydrogens (tertiary/aromatic N) is 2. The molecule has 0 amide bonds. The lowest BCUT2D eigenvalue weighted by atomic mass is 9.95. The molecule has 4 nitrogen and oxygen atoms in total. The van der Waals surface area contributed by atoms with E-state index in [9.17, 15) is 9.50 Å². The monoisotopic (exact) mass is 392 g/mol. The highest BCUT2D eigenvalue weighted by atomic mass is 19.1. The highest BCUT2D eigenvalue weighted by molar-refractivity contribution is 5.03. The Hall–Kier alpha value is -0.300. The third-order valence-electron chi connectivity index (χ3n) is 6.55. The summed E-state index contributed by atoms with van der Waals surface area (Å²) in [5.74, 6) is 0. The minimum absolute atomic E-state index is 0. The van der Waals surface area contributed by atoms with Crippen LogP contribution in [0.2, 0.25) is 0 Å². The number of rotatable bonds is 4. The average molecular weight is 393 g/mol. The van der Waals surface area contributed by atoms with E-state index in [0.29, 0.717) is 26.2 Å². The molecule has 162 valence electrons. The van der Waals surface area contributed by atoms with Crippen LogP contribution in [0, 0.1) is 0 Å². The molecule has 4 fully saturated rings. The van der Waals surface area contributed by atoms with Crippen molar-refractivity contribution in [2.24, 2.45) is 0 Å². The van der Waals surface area contributed by atoms with Crippen molar-refractivity contribution in [2.45, 2.75) is 96.0 Å². The SMILES string of the molecule is CC.CC(C)OC[C@]12CCCN1C[C@H](F)C2.F.OCC12CCCN1CCC2. The standard InChI is InChI=1S/C11H20FNO.C8H15NO.C2H6.FH/c1-9(2)14-8-11-4-3-5-13(11)7-10(12)6-11;10-7-8-3-1-5-9(8)6-2-4-8;1-2;/h9-10H,3-8H2,1-2H3;10H,1-7H2;1-2H3;1H/t10-,11-;;;/m1.../s1. The van der Waals surface area contributed by atoms with E-state index in [4.69, 9.17) is 4.74 Å². The maximum absolute atomic E-state index is 13.3. The summed E-state index contributed by atoms with van der Waals surface area (Å²) >= 11 is 0. The van der Waals surface area contributed by atoms with Gasteiger partial charge in [-0.25, -0.2) is 4.39 Å². The molecule has 0 aromatic carbocycles. The van der Waals surface area contributed by atoms with E-state index in [2.05, 4.69) is 9.80 Å². The molecule has 4 heterocycles. The maximum Gasteiger partial charge on any atom is 0.115 e. The summed E-state index contributed by atoms with van der Waals surface area (Å²) < 4.78 is 19.0. The molecule has 0 radical (unpaired) electrons. The van der Waals surface area contributed by atoms with Gasteiger partial charge in [-0.1, -0.05) is 13.8 Å². The lowest BCUT2D eigenvalue weighted by molar-refractivity contribution is 0.00276. The number of aliphatic hydroxyl groups excluding tert-OH is 1. The molecule has 4 aliphatic rings. The normalized spacial score (nSPS) is 31.4. The van der Waals surface area contributed by atoms with Gasteiger partial charge in [0.15, 0.2) is 0 Å². The first-order valence-electron chi connectivity index (χ1n) is 10.9. The van der Waals surface area contributed by atoms with Crippen molar-refractivity contribution in [3.63, 3.8) is 0 Å². The van der Waals surface area contributed by atoms with E-state index in [1.54, 1.807) is 0 Å². The van der Waals surface area contributed by atoms with Crippen LogP contribution in [0.5, 0.6) is 0 Å². The maximum atomic E-state index is 13.3. The van der Waals surface area contributed by atoms with Crippen LogP contribution in [0.3, 0.4) is 0 Å². The Balaban J connectivity index is 0.000000249. The third kappa shape index (κ3) is 5.62. The Morgan fingerprint density at radius 1 is 1.00 bits per heavy atom. The Morgan fingerprint density at radius 3 is 2.00 bits per heavy atom. The van der Waals surface area contributed by atoms with Crippen molar-refractivity contribution in [3.05, 3.63) is 0 Å². The van der Waals surface area contributed by atoms with E-state index >= 15 is 0 Å². The molecule has 0 aromatic heterocycles. The highest BCUT2D eigenvalue weighted by Crippen LogP contribution is 2.40. The average Bonchev–Trinajstić information content (AvgIpc) is 3.34. The van der Waals surface area contributed by atoms with Crippen LogP contribution in [-0.4, -0.2) is 77.7 Å². The van der Waals surface area contributed by atoms with Crippen LogP contribution < -0.4 is 0 Å². The number of alkyl halides is 1. The highest BCUT2D eigenvalue weighted by Gasteiger charge is 2.48. The fourth-order valence-corrected chi connectivity index (χ4v) is 5.25. The van der Waals surface area contributed by atoms with Crippen LogP contribution in [0.4, 0.5) is 9.09 Å². The zero-order valence-electron chi connectivity index (χ0n) is 17.9. The summed E-state index contributed by atoms with van der Waals surface area (Å²) in [6.45, 7) is 13.3. The van der Waals surface area contributed by atoms with Gasteiger partial charge in [-0.2, -0.15) is 0 Å². The Morgan fingerprint density at radius 2 is 1.52 bits per heavy atom. The van der Waals surface area contributed by atoms with Gasteiger partial charge >= 0.3 is 0 Å². The predicted octanol–water partition coefficient (Wildman–Crippen LogP) is 3.77. The van der Waals surface area contributed by atoms with Gasteiger partial charge in [0.05, 0.1) is 19.3 Å². The van der Waals surface area contributed by atoms with Gasteiger partial charge in [-0.3, -0.25) is 14.5 Å². The van der Waals surface area contributed by atoms with Gasteiger partial charge < -0.3 is 9.84 Å². The summed E-state index contributed by atoms with van der Waals surface area (Å²) in [6.07, 6.45) is 7.65. The first kappa shape index (κ1) is 24.7. The second kappa shape index (κ2) is 11.0. The van der Waals surface area contributed by atoms with E-state index in [0.717, 1.165) is 13.0 Å². The van der Waals surface area contributed by atoms with Gasteiger partial charge in [0.25, 0.3) is 0 Å². The molecule has 4 aliphatic heterocycles. The molecular formula is C21H42F2N2O2. The van der Waals surface area contributed by atoms with Crippen LogP contribution >= 0.6 is 0 Å². The summed E-state index contributed by atoms with van der Waals surface area (Å²) in [6, 6.07) is 0. The van der Waals surface area contributed by atoms with Gasteiger partial charge in [0.1, 0.15) is 6.17 Å². The van der Waals surface area contributed by atoms with E-state index in [-0.39, 0.29) is 21.9 Å². The van der Waals surface area contributed by atoms with Crippen molar-refractivity contribution in [1.82, 2.24) is 9.80 Å². The van der Waals surface area contributed by atoms with Crippen molar-refractivity contribution < 1.29 is 18.9 Å². The van der Waals surface area contributed by atoms with Crippen molar-refractivity contribution in [3.8, 4) is 0 Å². The lowest BCUT2D eigenvalue weighted by Gasteiger charge is -2.32. The first-order valence-corrected chi connectivity index (χ1v) is 10.9. The second-order valence-corrected chi connectivity index (χ2v) is 8.51. The van der Waals surface area contributed by atoms with E-state index in [1.807, 2.05) is 27.7 Å². The van der Waals surface area contributed by atoms with Gasteiger partial charge in [-0.05, 0) is 72.0 Å². The number of hydrogen-bond donors (Lipinski definition) is 1. The smallest absolute Gasteiger partial charge is 0.115 e. The van der Waals surface area contributed by atoms with Crippen LogP contribution in [0.1, 0.15) is 72.6 Å². The summed E-state index contributed by atoms with van der Waals surface area (Å²) in [4.78, 5) is 4.76. The number of ether oxygens (including phenoxy) is 1. The largest absolute Gasteiger partial charge is 0.394 e. The zero-order valence-corrected chi connectivity index (χ0v) is 17.9. The number of fused-ring (bicyclic) bond motifs is 2. The number of halogens is 2. The Kier molecular flexibility index (Phi) is 10.1. The molecule has 4 saturated heterocycles. The lowest BCUT2D eigenvalue weighted by Crippen LogP contribution is -2.43.